The van der Waals surface area contributed by atoms with E-state index >= 15 is 0 Å². The van der Waals surface area contributed by atoms with Gasteiger partial charge in [0.1, 0.15) is 5.69 Å². The Labute approximate surface area is 169 Å². The highest BCUT2D eigenvalue weighted by atomic mass is 32.2. The molecule has 0 aliphatic rings. The maximum atomic E-state index is 12.2. The number of thioether (sulfide) groups is 1. The number of hydrogen-bond acceptors (Lipinski definition) is 5. The second-order valence-corrected chi connectivity index (χ2v) is 7.75. The lowest BCUT2D eigenvalue weighted by molar-refractivity contribution is -0.119. The molecule has 1 aromatic carbocycles. The highest BCUT2D eigenvalue weighted by Gasteiger charge is 2.19. The summed E-state index contributed by atoms with van der Waals surface area (Å²) >= 11 is 1.38. The Morgan fingerprint density at radius 2 is 2.04 bits per heavy atom. The fraction of sp³-hybridized carbons (Fsp3) is 0.333. The Balaban J connectivity index is 1.97. The van der Waals surface area contributed by atoms with Gasteiger partial charge in [0.05, 0.1) is 11.4 Å². The highest BCUT2D eigenvalue weighted by molar-refractivity contribution is 7.99. The lowest BCUT2D eigenvalue weighted by Crippen LogP contribution is -2.33. The summed E-state index contributed by atoms with van der Waals surface area (Å²) in [5.74, 6) is 0.946. The molecule has 2 aromatic heterocycles. The molecule has 1 amide bonds. The van der Waals surface area contributed by atoms with Crippen LogP contribution in [0.15, 0.2) is 47.8 Å². The van der Waals surface area contributed by atoms with Gasteiger partial charge in [-0.05, 0) is 51.0 Å². The average molecular weight is 396 g/mol. The smallest absolute Gasteiger partial charge is 0.230 e. The van der Waals surface area contributed by atoms with Gasteiger partial charge in [-0.2, -0.15) is 0 Å². The van der Waals surface area contributed by atoms with Crippen LogP contribution in [0.4, 0.5) is 0 Å². The molecule has 3 aromatic rings. The molecule has 28 heavy (non-hydrogen) atoms. The number of nitrogens with zero attached hydrogens (tertiary/aromatic N) is 4. The lowest BCUT2D eigenvalue weighted by atomic mass is 10.1. The standard InChI is InChI=1S/C21H25N5OS/c1-5-16(4)23-19(27)13-28-21-25-24-20(17-8-6-7-11-22-17)26(21)18-10-9-14(2)12-15(18)3/h6-12,16H,5,13H2,1-4H3,(H,23,27). The first-order chi connectivity index (χ1) is 13.5. The Hall–Kier alpha value is -2.67. The zero-order chi connectivity index (χ0) is 20.1. The maximum absolute atomic E-state index is 12.2. The van der Waals surface area contributed by atoms with Crippen LogP contribution >= 0.6 is 11.8 Å². The number of benzene rings is 1. The number of aromatic nitrogens is 4. The molecule has 0 radical (unpaired) electrons. The van der Waals surface area contributed by atoms with E-state index in [0.29, 0.717) is 11.0 Å². The molecule has 0 aliphatic carbocycles. The monoisotopic (exact) mass is 395 g/mol. The summed E-state index contributed by atoms with van der Waals surface area (Å²) in [5, 5.41) is 12.4. The first-order valence-electron chi connectivity index (χ1n) is 9.36. The molecule has 2 heterocycles. The third kappa shape index (κ3) is 4.59. The summed E-state index contributed by atoms with van der Waals surface area (Å²) in [5.41, 5.74) is 4.03. The van der Waals surface area contributed by atoms with Crippen molar-refractivity contribution < 1.29 is 4.79 Å². The van der Waals surface area contributed by atoms with Gasteiger partial charge in [-0.15, -0.1) is 10.2 Å². The molecule has 146 valence electrons. The Bertz CT molecular complexity index is 955. The quantitative estimate of drug-likeness (QED) is 0.613. The van der Waals surface area contributed by atoms with Crippen molar-refractivity contribution in [3.8, 4) is 17.2 Å². The molecule has 1 unspecified atom stereocenters. The fourth-order valence-electron chi connectivity index (χ4n) is 2.85. The van der Waals surface area contributed by atoms with Crippen molar-refractivity contribution in [2.75, 3.05) is 5.75 Å². The van der Waals surface area contributed by atoms with E-state index in [-0.39, 0.29) is 17.7 Å². The van der Waals surface area contributed by atoms with E-state index in [1.54, 1.807) is 6.20 Å². The Morgan fingerprint density at radius 1 is 1.21 bits per heavy atom. The van der Waals surface area contributed by atoms with Crippen molar-refractivity contribution in [2.24, 2.45) is 0 Å². The van der Waals surface area contributed by atoms with Gasteiger partial charge in [-0.1, -0.05) is 42.4 Å². The summed E-state index contributed by atoms with van der Waals surface area (Å²) in [7, 11) is 0. The third-order valence-electron chi connectivity index (χ3n) is 4.47. The van der Waals surface area contributed by atoms with E-state index in [1.807, 2.05) is 36.6 Å². The number of nitrogens with one attached hydrogen (secondary N) is 1. The number of carbonyl (C=O) groups excluding carboxylic acids is 1. The third-order valence-corrected chi connectivity index (χ3v) is 5.40. The number of carbonyl (C=O) groups is 1. The minimum absolute atomic E-state index is 0.00564. The molecule has 0 saturated heterocycles. The van der Waals surface area contributed by atoms with Crippen LogP contribution in [0.25, 0.3) is 17.2 Å². The molecule has 6 nitrogen and oxygen atoms in total. The summed E-state index contributed by atoms with van der Waals surface area (Å²) in [6.45, 7) is 8.18. The van der Waals surface area contributed by atoms with E-state index in [0.717, 1.165) is 23.4 Å². The minimum atomic E-state index is -0.00564. The van der Waals surface area contributed by atoms with Crippen LogP contribution < -0.4 is 5.32 Å². The van der Waals surface area contributed by atoms with Gasteiger partial charge < -0.3 is 5.32 Å². The molecule has 1 N–H and O–H groups in total. The van der Waals surface area contributed by atoms with Crippen molar-refractivity contribution in [1.29, 1.82) is 0 Å². The second kappa shape index (κ2) is 9.01. The topological polar surface area (TPSA) is 72.7 Å². The maximum Gasteiger partial charge on any atom is 0.230 e. The second-order valence-electron chi connectivity index (χ2n) is 6.81. The number of pyridine rings is 1. The van der Waals surface area contributed by atoms with Gasteiger partial charge >= 0.3 is 0 Å². The summed E-state index contributed by atoms with van der Waals surface area (Å²) in [4.78, 5) is 16.6. The molecule has 0 bridgehead atoms. The van der Waals surface area contributed by atoms with E-state index in [1.165, 1.54) is 17.3 Å². The van der Waals surface area contributed by atoms with Crippen molar-refractivity contribution in [3.63, 3.8) is 0 Å². The van der Waals surface area contributed by atoms with Gasteiger partial charge in [-0.3, -0.25) is 14.3 Å². The highest BCUT2D eigenvalue weighted by Crippen LogP contribution is 2.29. The lowest BCUT2D eigenvalue weighted by Gasteiger charge is -2.14. The predicted octanol–water partition coefficient (Wildman–Crippen LogP) is 3.95. The molecule has 3 rings (SSSR count). The Morgan fingerprint density at radius 3 is 2.71 bits per heavy atom. The molecular weight excluding hydrogens is 370 g/mol. The van der Waals surface area contributed by atoms with Crippen molar-refractivity contribution in [1.82, 2.24) is 25.1 Å². The number of rotatable bonds is 7. The summed E-state index contributed by atoms with van der Waals surface area (Å²) in [6, 6.07) is 12.1. The molecular formula is C21H25N5OS. The van der Waals surface area contributed by atoms with Crippen LogP contribution in [0.2, 0.25) is 0 Å². The minimum Gasteiger partial charge on any atom is -0.353 e. The van der Waals surface area contributed by atoms with Crippen molar-refractivity contribution >= 4 is 17.7 Å². The summed E-state index contributed by atoms with van der Waals surface area (Å²) in [6.07, 6.45) is 2.64. The summed E-state index contributed by atoms with van der Waals surface area (Å²) < 4.78 is 1.98. The molecule has 0 fully saturated rings. The van der Waals surface area contributed by atoms with Gasteiger partial charge in [-0.25, -0.2) is 0 Å². The Kier molecular flexibility index (Phi) is 6.46. The number of hydrogen-bond donors (Lipinski definition) is 1. The van der Waals surface area contributed by atoms with Crippen LogP contribution in [0, 0.1) is 13.8 Å². The largest absolute Gasteiger partial charge is 0.353 e. The molecule has 7 heteroatoms. The van der Waals surface area contributed by atoms with E-state index in [4.69, 9.17) is 0 Å². The number of amides is 1. The van der Waals surface area contributed by atoms with Crippen molar-refractivity contribution in [3.05, 3.63) is 53.7 Å². The molecule has 1 atom stereocenters. The van der Waals surface area contributed by atoms with Gasteiger partial charge in [0.25, 0.3) is 0 Å². The molecule has 0 spiro atoms. The van der Waals surface area contributed by atoms with Crippen molar-refractivity contribution in [2.45, 2.75) is 45.3 Å². The van der Waals surface area contributed by atoms with E-state index < -0.39 is 0 Å². The van der Waals surface area contributed by atoms with E-state index in [2.05, 4.69) is 52.5 Å². The predicted molar refractivity (Wildman–Crippen MR) is 113 cm³/mol. The van der Waals surface area contributed by atoms with E-state index in [9.17, 15) is 4.79 Å². The SMILES string of the molecule is CCC(C)NC(=O)CSc1nnc(-c2ccccn2)n1-c1ccc(C)cc1C. The van der Waals surface area contributed by atoms with Crippen LogP contribution in [0.3, 0.4) is 0 Å². The van der Waals surface area contributed by atoms with Crippen LogP contribution in [0.1, 0.15) is 31.4 Å². The zero-order valence-electron chi connectivity index (χ0n) is 16.6. The van der Waals surface area contributed by atoms with Gasteiger partial charge in [0, 0.05) is 12.2 Å². The number of aryl methyl sites for hydroxylation is 2. The fourth-order valence-corrected chi connectivity index (χ4v) is 3.60. The average Bonchev–Trinajstić information content (AvgIpc) is 3.10. The zero-order valence-corrected chi connectivity index (χ0v) is 17.5. The van der Waals surface area contributed by atoms with Crippen LogP contribution in [0.5, 0.6) is 0 Å². The first kappa shape index (κ1) is 20.1. The van der Waals surface area contributed by atoms with Crippen LogP contribution in [-0.2, 0) is 4.79 Å². The molecule has 0 saturated carbocycles. The van der Waals surface area contributed by atoms with Crippen LogP contribution in [-0.4, -0.2) is 37.5 Å². The van der Waals surface area contributed by atoms with Gasteiger partial charge in [0.15, 0.2) is 11.0 Å². The normalized spacial score (nSPS) is 12.0. The molecule has 0 aliphatic heterocycles. The van der Waals surface area contributed by atoms with Gasteiger partial charge in [0.2, 0.25) is 5.91 Å². The first-order valence-corrected chi connectivity index (χ1v) is 10.3.